The molecule has 0 saturated carbocycles. The van der Waals surface area contributed by atoms with Gasteiger partial charge < -0.3 is 5.32 Å². The molecule has 2 aromatic carbocycles. The molecule has 26 heavy (non-hydrogen) atoms. The summed E-state index contributed by atoms with van der Waals surface area (Å²) < 4.78 is 13.9. The molecular weight excluding hydrogens is 357 g/mol. The largest absolute Gasteiger partial charge is 0.300 e. The standard InChI is InChI=1S/C18H12FN3O3S/c1-9(22-16(24)11-4-2-3-5-12(11)17(22)25)15(23)21-18-20-13-7-6-10(19)8-14(13)26-18/h2-9H,1H3,(H,20,21,23)/t9-/m0/s1. The number of amides is 3. The zero-order valence-electron chi connectivity index (χ0n) is 13.5. The third-order valence-corrected chi connectivity index (χ3v) is 5.11. The third-order valence-electron chi connectivity index (χ3n) is 4.17. The van der Waals surface area contributed by atoms with Gasteiger partial charge in [0.15, 0.2) is 5.13 Å². The Labute approximate surface area is 151 Å². The molecule has 0 fully saturated rings. The molecule has 8 heteroatoms. The molecule has 0 saturated heterocycles. The van der Waals surface area contributed by atoms with Crippen LogP contribution in [0, 0.1) is 5.82 Å². The van der Waals surface area contributed by atoms with Crippen molar-refractivity contribution in [2.24, 2.45) is 0 Å². The first-order valence-corrected chi connectivity index (χ1v) is 8.61. The van der Waals surface area contributed by atoms with Crippen LogP contribution in [-0.4, -0.2) is 33.6 Å². The van der Waals surface area contributed by atoms with E-state index in [-0.39, 0.29) is 16.3 Å². The van der Waals surface area contributed by atoms with Gasteiger partial charge in [-0.1, -0.05) is 23.5 Å². The number of thiazole rings is 1. The summed E-state index contributed by atoms with van der Waals surface area (Å²) in [6.45, 7) is 1.48. The Morgan fingerprint density at radius 1 is 1.15 bits per heavy atom. The first-order valence-electron chi connectivity index (χ1n) is 7.79. The number of fused-ring (bicyclic) bond motifs is 2. The molecule has 2 heterocycles. The Kier molecular flexibility index (Phi) is 3.77. The zero-order chi connectivity index (χ0) is 18.4. The van der Waals surface area contributed by atoms with Gasteiger partial charge in [0.05, 0.1) is 21.3 Å². The number of benzene rings is 2. The molecule has 1 aliphatic heterocycles. The molecule has 1 aliphatic rings. The van der Waals surface area contributed by atoms with E-state index >= 15 is 0 Å². The van der Waals surface area contributed by atoms with Crippen molar-refractivity contribution in [3.63, 3.8) is 0 Å². The molecule has 3 amide bonds. The number of imide groups is 1. The molecule has 130 valence electrons. The third kappa shape index (κ3) is 2.55. The molecule has 0 bridgehead atoms. The fourth-order valence-electron chi connectivity index (χ4n) is 2.84. The fraction of sp³-hybridized carbons (Fsp3) is 0.111. The summed E-state index contributed by atoms with van der Waals surface area (Å²) in [5.74, 6) is -1.93. The highest BCUT2D eigenvalue weighted by Crippen LogP contribution is 2.28. The van der Waals surface area contributed by atoms with Crippen LogP contribution in [0.4, 0.5) is 9.52 Å². The van der Waals surface area contributed by atoms with Crippen LogP contribution in [0.3, 0.4) is 0 Å². The highest BCUT2D eigenvalue weighted by molar-refractivity contribution is 7.22. The molecule has 1 aromatic heterocycles. The Bertz CT molecular complexity index is 1040. The lowest BCUT2D eigenvalue weighted by Crippen LogP contribution is -2.45. The number of rotatable bonds is 3. The second-order valence-electron chi connectivity index (χ2n) is 5.82. The van der Waals surface area contributed by atoms with Crippen molar-refractivity contribution in [2.75, 3.05) is 5.32 Å². The van der Waals surface area contributed by atoms with Crippen molar-refractivity contribution in [3.05, 3.63) is 59.4 Å². The van der Waals surface area contributed by atoms with Gasteiger partial charge in [0, 0.05) is 0 Å². The maximum absolute atomic E-state index is 13.3. The Hall–Kier alpha value is -3.13. The average molecular weight is 369 g/mol. The van der Waals surface area contributed by atoms with E-state index in [1.165, 1.54) is 25.1 Å². The van der Waals surface area contributed by atoms with Crippen molar-refractivity contribution in [1.82, 2.24) is 9.88 Å². The first-order chi connectivity index (χ1) is 12.5. The van der Waals surface area contributed by atoms with Crippen LogP contribution >= 0.6 is 11.3 Å². The number of carbonyl (C=O) groups excluding carboxylic acids is 3. The first kappa shape index (κ1) is 16.3. The van der Waals surface area contributed by atoms with E-state index < -0.39 is 29.6 Å². The number of hydrogen-bond acceptors (Lipinski definition) is 5. The minimum Gasteiger partial charge on any atom is -0.300 e. The van der Waals surface area contributed by atoms with Crippen molar-refractivity contribution >= 4 is 44.4 Å². The highest BCUT2D eigenvalue weighted by Gasteiger charge is 2.40. The number of aromatic nitrogens is 1. The minimum absolute atomic E-state index is 0.277. The predicted octanol–water partition coefficient (Wildman–Crippen LogP) is 3.06. The molecular formula is C18H12FN3O3S. The average Bonchev–Trinajstić information content (AvgIpc) is 3.13. The van der Waals surface area contributed by atoms with Gasteiger partial charge >= 0.3 is 0 Å². The van der Waals surface area contributed by atoms with Crippen LogP contribution in [0.25, 0.3) is 10.2 Å². The van der Waals surface area contributed by atoms with Gasteiger partial charge in [0.2, 0.25) is 5.91 Å². The van der Waals surface area contributed by atoms with E-state index in [1.807, 2.05) is 0 Å². The van der Waals surface area contributed by atoms with Crippen molar-refractivity contribution in [3.8, 4) is 0 Å². The van der Waals surface area contributed by atoms with Crippen molar-refractivity contribution in [1.29, 1.82) is 0 Å². The van der Waals surface area contributed by atoms with Gasteiger partial charge in [0.1, 0.15) is 11.9 Å². The van der Waals surface area contributed by atoms with Crippen LogP contribution in [0.1, 0.15) is 27.6 Å². The Morgan fingerprint density at radius 3 is 2.46 bits per heavy atom. The van der Waals surface area contributed by atoms with Crippen LogP contribution in [0.2, 0.25) is 0 Å². The molecule has 0 spiro atoms. The number of halogens is 1. The maximum Gasteiger partial charge on any atom is 0.262 e. The van der Waals surface area contributed by atoms with E-state index in [0.29, 0.717) is 10.2 Å². The SMILES string of the molecule is C[C@@H](C(=O)Nc1nc2ccc(F)cc2s1)N1C(=O)c2ccccc2C1=O. The molecule has 1 atom stereocenters. The van der Waals surface area contributed by atoms with Crippen LogP contribution < -0.4 is 5.32 Å². The van der Waals surface area contributed by atoms with Crippen LogP contribution in [0.15, 0.2) is 42.5 Å². The second-order valence-corrected chi connectivity index (χ2v) is 6.85. The Morgan fingerprint density at radius 2 is 1.81 bits per heavy atom. The fourth-order valence-corrected chi connectivity index (χ4v) is 3.73. The van der Waals surface area contributed by atoms with E-state index in [1.54, 1.807) is 24.3 Å². The zero-order valence-corrected chi connectivity index (χ0v) is 14.3. The molecule has 3 aromatic rings. The van der Waals surface area contributed by atoms with Gasteiger partial charge in [-0.05, 0) is 37.3 Å². The molecule has 6 nitrogen and oxygen atoms in total. The quantitative estimate of drug-likeness (QED) is 0.720. The summed E-state index contributed by atoms with van der Waals surface area (Å²) in [6, 6.07) is 9.57. The monoisotopic (exact) mass is 369 g/mol. The van der Waals surface area contributed by atoms with Gasteiger partial charge in [-0.3, -0.25) is 19.3 Å². The van der Waals surface area contributed by atoms with E-state index in [9.17, 15) is 18.8 Å². The van der Waals surface area contributed by atoms with Gasteiger partial charge in [-0.2, -0.15) is 0 Å². The summed E-state index contributed by atoms with van der Waals surface area (Å²) >= 11 is 1.12. The van der Waals surface area contributed by atoms with E-state index in [4.69, 9.17) is 0 Å². The number of carbonyl (C=O) groups is 3. The van der Waals surface area contributed by atoms with Crippen LogP contribution in [0.5, 0.6) is 0 Å². The summed E-state index contributed by atoms with van der Waals surface area (Å²) in [5, 5.41) is 2.87. The lowest BCUT2D eigenvalue weighted by atomic mass is 10.1. The van der Waals surface area contributed by atoms with E-state index in [2.05, 4.69) is 10.3 Å². The van der Waals surface area contributed by atoms with Crippen LogP contribution in [-0.2, 0) is 4.79 Å². The summed E-state index contributed by atoms with van der Waals surface area (Å²) in [5.41, 5.74) is 1.13. The van der Waals surface area contributed by atoms with Crippen molar-refractivity contribution in [2.45, 2.75) is 13.0 Å². The van der Waals surface area contributed by atoms with Crippen molar-refractivity contribution < 1.29 is 18.8 Å². The molecule has 0 radical (unpaired) electrons. The molecule has 0 aliphatic carbocycles. The summed E-state index contributed by atoms with van der Waals surface area (Å²) in [4.78, 5) is 42.6. The van der Waals surface area contributed by atoms with Gasteiger partial charge in [-0.25, -0.2) is 9.37 Å². The lowest BCUT2D eigenvalue weighted by Gasteiger charge is -2.21. The highest BCUT2D eigenvalue weighted by atomic mass is 32.1. The Balaban J connectivity index is 1.56. The minimum atomic E-state index is -1.01. The number of anilines is 1. The summed E-state index contributed by atoms with van der Waals surface area (Å²) in [7, 11) is 0. The number of nitrogens with zero attached hydrogens (tertiary/aromatic N) is 2. The van der Waals surface area contributed by atoms with Gasteiger partial charge in [-0.15, -0.1) is 0 Å². The molecule has 4 rings (SSSR count). The normalized spacial score (nSPS) is 14.6. The summed E-state index contributed by atoms with van der Waals surface area (Å²) in [6.07, 6.45) is 0. The van der Waals surface area contributed by atoms with Gasteiger partial charge in [0.25, 0.3) is 11.8 Å². The van der Waals surface area contributed by atoms with E-state index in [0.717, 1.165) is 16.2 Å². The number of hydrogen-bond donors (Lipinski definition) is 1. The second kappa shape index (κ2) is 5.99. The smallest absolute Gasteiger partial charge is 0.262 e. The topological polar surface area (TPSA) is 79.4 Å². The lowest BCUT2D eigenvalue weighted by molar-refractivity contribution is -0.119. The predicted molar refractivity (Wildman–Crippen MR) is 94.6 cm³/mol. The number of nitrogens with one attached hydrogen (secondary N) is 1. The maximum atomic E-state index is 13.3. The molecule has 0 unspecified atom stereocenters. The molecule has 1 N–H and O–H groups in total.